The van der Waals surface area contributed by atoms with E-state index in [4.69, 9.17) is 4.74 Å². The molecule has 36 heavy (non-hydrogen) atoms. The number of halogens is 3. The van der Waals surface area contributed by atoms with E-state index in [9.17, 15) is 18.0 Å². The molecule has 0 fully saturated rings. The standard InChI is InChI=1S/C23H25F3N8O2/c1-4-34-18(10-16(31-34)23(24,25)26)36-17-8-7-14(11-27-17)12-28-22-29-15-6-5-9-33-19(15)20(30-22)32(3)13(2)21(33)35/h7-8,10-11,13H,4-6,9,12H2,1-3H3,(H,28,29,30)/t13-/m0/s1. The summed E-state index contributed by atoms with van der Waals surface area (Å²) >= 11 is 0. The van der Waals surface area contributed by atoms with Crippen LogP contribution in [-0.4, -0.2) is 50.3 Å². The molecule has 0 aliphatic carbocycles. The SMILES string of the molecule is CCn1nc(C(F)(F)F)cc1Oc1ccc(CNc2nc3c4c(n2)N(C)[C@@H](C)C(=O)N4CCC3)cn1. The van der Waals surface area contributed by atoms with Gasteiger partial charge in [-0.05, 0) is 32.3 Å². The zero-order valence-corrected chi connectivity index (χ0v) is 20.0. The molecule has 5 rings (SSSR count). The second kappa shape index (κ2) is 8.95. The number of amides is 1. The van der Waals surface area contributed by atoms with Gasteiger partial charge in [-0.1, -0.05) is 6.07 Å². The lowest BCUT2D eigenvalue weighted by Gasteiger charge is -2.41. The first-order valence-corrected chi connectivity index (χ1v) is 11.6. The molecule has 0 unspecified atom stereocenters. The van der Waals surface area contributed by atoms with Crippen LogP contribution in [0.15, 0.2) is 24.4 Å². The average molecular weight is 503 g/mol. The Kier molecular flexibility index (Phi) is 5.92. The second-order valence-corrected chi connectivity index (χ2v) is 8.69. The van der Waals surface area contributed by atoms with Crippen LogP contribution >= 0.6 is 0 Å². The monoisotopic (exact) mass is 502 g/mol. The second-order valence-electron chi connectivity index (χ2n) is 8.69. The zero-order valence-electron chi connectivity index (χ0n) is 20.0. The van der Waals surface area contributed by atoms with Gasteiger partial charge >= 0.3 is 6.18 Å². The van der Waals surface area contributed by atoms with Crippen LogP contribution in [0.1, 0.15) is 37.2 Å². The lowest BCUT2D eigenvalue weighted by atomic mass is 10.0. The highest BCUT2D eigenvalue weighted by Crippen LogP contribution is 2.39. The summed E-state index contributed by atoms with van der Waals surface area (Å²) in [5.74, 6) is 1.34. The van der Waals surface area contributed by atoms with Gasteiger partial charge in [0.15, 0.2) is 11.5 Å². The molecule has 1 atom stereocenters. The van der Waals surface area contributed by atoms with Gasteiger partial charge in [0.1, 0.15) is 11.7 Å². The fourth-order valence-electron chi connectivity index (χ4n) is 4.29. The molecule has 3 aromatic rings. The highest BCUT2D eigenvalue weighted by molar-refractivity contribution is 6.05. The molecule has 3 aromatic heterocycles. The molecule has 0 saturated heterocycles. The minimum Gasteiger partial charge on any atom is -0.421 e. The molecule has 10 nitrogen and oxygen atoms in total. The van der Waals surface area contributed by atoms with Crippen LogP contribution < -0.4 is 19.9 Å². The van der Waals surface area contributed by atoms with Crippen molar-refractivity contribution in [1.82, 2.24) is 24.7 Å². The van der Waals surface area contributed by atoms with E-state index in [-0.39, 0.29) is 30.3 Å². The molecular weight excluding hydrogens is 477 g/mol. The molecule has 190 valence electrons. The fraction of sp³-hybridized carbons (Fsp3) is 0.435. The normalized spacial score (nSPS) is 17.3. The third-order valence-corrected chi connectivity index (χ3v) is 6.33. The van der Waals surface area contributed by atoms with E-state index >= 15 is 0 Å². The van der Waals surface area contributed by atoms with Crippen molar-refractivity contribution in [2.24, 2.45) is 0 Å². The number of likely N-dealkylation sites (N-methyl/N-ethyl adjacent to an activating group) is 1. The highest BCUT2D eigenvalue weighted by Gasteiger charge is 2.39. The average Bonchev–Trinajstić information content (AvgIpc) is 3.28. The van der Waals surface area contributed by atoms with E-state index in [0.29, 0.717) is 19.0 Å². The third kappa shape index (κ3) is 4.29. The van der Waals surface area contributed by atoms with Gasteiger partial charge in [0.05, 0.1) is 5.69 Å². The number of aromatic nitrogens is 5. The van der Waals surface area contributed by atoms with E-state index < -0.39 is 11.9 Å². The molecule has 13 heteroatoms. The molecule has 0 radical (unpaired) electrons. The Morgan fingerprint density at radius 3 is 2.75 bits per heavy atom. The summed E-state index contributed by atoms with van der Waals surface area (Å²) in [4.78, 5) is 29.8. The highest BCUT2D eigenvalue weighted by atomic mass is 19.4. The van der Waals surface area contributed by atoms with Gasteiger partial charge in [-0.2, -0.15) is 23.3 Å². The Morgan fingerprint density at radius 2 is 2.06 bits per heavy atom. The number of rotatable bonds is 6. The summed E-state index contributed by atoms with van der Waals surface area (Å²) in [5, 5.41) is 6.74. The number of anilines is 3. The molecule has 1 N–H and O–H groups in total. The Bertz CT molecular complexity index is 1290. The molecular formula is C23H25F3N8O2. The minimum atomic E-state index is -4.56. The van der Waals surface area contributed by atoms with Crippen molar-refractivity contribution < 1.29 is 22.7 Å². The van der Waals surface area contributed by atoms with E-state index in [1.807, 2.05) is 18.9 Å². The van der Waals surface area contributed by atoms with Crippen molar-refractivity contribution in [3.63, 3.8) is 0 Å². The lowest BCUT2D eigenvalue weighted by Crippen LogP contribution is -2.53. The van der Waals surface area contributed by atoms with Crippen LogP contribution in [0.3, 0.4) is 0 Å². The van der Waals surface area contributed by atoms with Gasteiger partial charge in [0.25, 0.3) is 0 Å². The van der Waals surface area contributed by atoms with Crippen molar-refractivity contribution in [3.8, 4) is 11.8 Å². The number of nitrogens with one attached hydrogen (secondary N) is 1. The van der Waals surface area contributed by atoms with Crippen LogP contribution in [0.4, 0.5) is 30.6 Å². The minimum absolute atomic E-state index is 0.0366. The first-order valence-electron chi connectivity index (χ1n) is 11.6. The van der Waals surface area contributed by atoms with Crippen molar-refractivity contribution in [3.05, 3.63) is 41.3 Å². The molecule has 2 aliphatic rings. The largest absolute Gasteiger partial charge is 0.435 e. The van der Waals surface area contributed by atoms with Gasteiger partial charge in [0, 0.05) is 45.0 Å². The van der Waals surface area contributed by atoms with E-state index in [1.54, 1.807) is 30.2 Å². The fourth-order valence-corrected chi connectivity index (χ4v) is 4.29. The zero-order chi connectivity index (χ0) is 25.6. The topological polar surface area (TPSA) is 101 Å². The Balaban J connectivity index is 1.29. The molecule has 2 aliphatic heterocycles. The van der Waals surface area contributed by atoms with Crippen molar-refractivity contribution in [2.75, 3.05) is 28.7 Å². The van der Waals surface area contributed by atoms with Crippen LogP contribution in [0.5, 0.6) is 11.8 Å². The van der Waals surface area contributed by atoms with Gasteiger partial charge in [-0.3, -0.25) is 4.79 Å². The summed E-state index contributed by atoms with van der Waals surface area (Å²) in [6, 6.07) is 3.88. The Labute approximate surface area is 205 Å². The van der Waals surface area contributed by atoms with E-state index in [1.165, 1.54) is 0 Å². The number of hydrogen-bond acceptors (Lipinski definition) is 8. The summed E-state index contributed by atoms with van der Waals surface area (Å²) in [6.45, 7) is 4.80. The number of hydrogen-bond donors (Lipinski definition) is 1. The molecule has 5 heterocycles. The predicted octanol–water partition coefficient (Wildman–Crippen LogP) is 3.63. The van der Waals surface area contributed by atoms with Crippen LogP contribution in [-0.2, 0) is 30.5 Å². The number of carbonyl (C=O) groups excluding carboxylic acids is 1. The molecule has 0 bridgehead atoms. The van der Waals surface area contributed by atoms with Crippen LogP contribution in [0.2, 0.25) is 0 Å². The number of pyridine rings is 1. The first kappa shape index (κ1) is 23.8. The Morgan fingerprint density at radius 1 is 1.25 bits per heavy atom. The molecule has 0 saturated carbocycles. The van der Waals surface area contributed by atoms with Crippen LogP contribution in [0.25, 0.3) is 0 Å². The number of ether oxygens (including phenoxy) is 1. The van der Waals surface area contributed by atoms with Crippen molar-refractivity contribution in [1.29, 1.82) is 0 Å². The summed E-state index contributed by atoms with van der Waals surface area (Å²) in [7, 11) is 1.85. The van der Waals surface area contributed by atoms with Crippen LogP contribution in [0, 0.1) is 0 Å². The molecule has 1 amide bonds. The number of carbonyl (C=O) groups is 1. The molecule has 0 spiro atoms. The lowest BCUT2D eigenvalue weighted by molar-refractivity contribution is -0.141. The van der Waals surface area contributed by atoms with Crippen molar-refractivity contribution >= 4 is 23.4 Å². The van der Waals surface area contributed by atoms with E-state index in [0.717, 1.165) is 46.4 Å². The third-order valence-electron chi connectivity index (χ3n) is 6.33. The number of nitrogens with zero attached hydrogens (tertiary/aromatic N) is 7. The molecule has 0 aromatic carbocycles. The number of alkyl halides is 3. The van der Waals surface area contributed by atoms with Gasteiger partial charge < -0.3 is 19.9 Å². The Hall–Kier alpha value is -3.90. The maximum absolute atomic E-state index is 13.0. The van der Waals surface area contributed by atoms with E-state index in [2.05, 4.69) is 25.4 Å². The quantitative estimate of drug-likeness (QED) is 0.546. The number of aryl methyl sites for hydroxylation is 2. The van der Waals surface area contributed by atoms with Gasteiger partial charge in [-0.25, -0.2) is 14.6 Å². The van der Waals surface area contributed by atoms with Gasteiger partial charge in [-0.15, -0.1) is 0 Å². The maximum Gasteiger partial charge on any atom is 0.435 e. The summed E-state index contributed by atoms with van der Waals surface area (Å²) in [6.07, 6.45) is -1.38. The smallest absolute Gasteiger partial charge is 0.421 e. The summed E-state index contributed by atoms with van der Waals surface area (Å²) < 4.78 is 45.6. The summed E-state index contributed by atoms with van der Waals surface area (Å²) in [5.41, 5.74) is 1.42. The first-order chi connectivity index (χ1) is 17.2. The predicted molar refractivity (Wildman–Crippen MR) is 125 cm³/mol. The van der Waals surface area contributed by atoms with Crippen molar-refractivity contribution in [2.45, 2.75) is 52.0 Å². The van der Waals surface area contributed by atoms with Gasteiger partial charge in [0.2, 0.25) is 23.6 Å². The maximum atomic E-state index is 13.0.